The summed E-state index contributed by atoms with van der Waals surface area (Å²) >= 11 is 0. The number of carboxylic acids is 1. The molecule has 8 atom stereocenters. The maximum Gasteiger partial charge on any atom is 0.309 e. The number of hydrogen-bond donors (Lipinski definition) is 2. The van der Waals surface area contributed by atoms with Crippen molar-refractivity contribution in [1.82, 2.24) is 0 Å². The number of phenols is 1. The average Bonchev–Trinajstić information content (AvgIpc) is 3.11. The van der Waals surface area contributed by atoms with Gasteiger partial charge in [-0.1, -0.05) is 38.8 Å². The second kappa shape index (κ2) is 7.45. The molecule has 6 aliphatic rings. The molecule has 6 heteroatoms. The molecule has 36 heavy (non-hydrogen) atoms. The van der Waals surface area contributed by atoms with Crippen LogP contribution in [0.5, 0.6) is 5.75 Å². The normalized spacial score (nSPS) is 43.2. The summed E-state index contributed by atoms with van der Waals surface area (Å²) in [6.45, 7) is 8.59. The highest BCUT2D eigenvalue weighted by atomic mass is 16.4. The molecule has 1 heterocycles. The van der Waals surface area contributed by atoms with Crippen molar-refractivity contribution in [2.24, 2.45) is 51.8 Å². The monoisotopic (exact) mass is 491 g/mol. The molecule has 5 aliphatic carbocycles. The van der Waals surface area contributed by atoms with Crippen LogP contribution >= 0.6 is 0 Å². The van der Waals surface area contributed by atoms with Crippen LogP contribution in [0.1, 0.15) is 66.2 Å². The van der Waals surface area contributed by atoms with Crippen LogP contribution in [0.25, 0.3) is 0 Å². The minimum Gasteiger partial charge on any atom is -0.508 e. The largest absolute Gasteiger partial charge is 0.508 e. The summed E-state index contributed by atoms with van der Waals surface area (Å²) in [5.41, 5.74) is 0.482. The van der Waals surface area contributed by atoms with Crippen LogP contribution in [-0.2, 0) is 14.4 Å². The molecule has 3 saturated carbocycles. The Kier molecular flexibility index (Phi) is 4.92. The van der Waals surface area contributed by atoms with Gasteiger partial charge in [-0.25, -0.2) is 0 Å². The van der Waals surface area contributed by atoms with Gasteiger partial charge in [0.1, 0.15) is 5.75 Å². The molecule has 2 amide bonds. The third-order valence-electron chi connectivity index (χ3n) is 11.3. The molecule has 7 rings (SSSR count). The molecular formula is C30H37NO5. The van der Waals surface area contributed by atoms with Gasteiger partial charge in [-0.15, -0.1) is 0 Å². The van der Waals surface area contributed by atoms with E-state index in [0.29, 0.717) is 18.0 Å². The molecule has 1 saturated heterocycles. The van der Waals surface area contributed by atoms with E-state index in [1.54, 1.807) is 12.1 Å². The third kappa shape index (κ3) is 2.76. The molecule has 0 radical (unpaired) electrons. The Morgan fingerprint density at radius 3 is 2.36 bits per heavy atom. The number of carbonyl (C=O) groups is 3. The fourth-order valence-corrected chi connectivity index (χ4v) is 9.81. The summed E-state index contributed by atoms with van der Waals surface area (Å²) < 4.78 is 0. The zero-order chi connectivity index (χ0) is 25.8. The van der Waals surface area contributed by atoms with Gasteiger partial charge in [-0.05, 0) is 92.4 Å². The number of rotatable bonds is 3. The lowest BCUT2D eigenvalue weighted by atomic mass is 9.34. The van der Waals surface area contributed by atoms with E-state index in [1.165, 1.54) is 22.6 Å². The van der Waals surface area contributed by atoms with Crippen molar-refractivity contribution in [3.05, 3.63) is 35.9 Å². The molecular weight excluding hydrogens is 454 g/mol. The number of allylic oxidation sites excluding steroid dienone is 2. The molecule has 0 aromatic heterocycles. The summed E-state index contributed by atoms with van der Waals surface area (Å²) in [6, 6.07) is 6.33. The highest BCUT2D eigenvalue weighted by molar-refractivity contribution is 6.23. The fourth-order valence-electron chi connectivity index (χ4n) is 9.81. The second-order valence-electron chi connectivity index (χ2n) is 13.0. The number of aromatic hydroxyl groups is 1. The molecule has 4 fully saturated rings. The molecule has 1 aromatic rings. The summed E-state index contributed by atoms with van der Waals surface area (Å²) in [6.07, 6.45) is 7.35. The molecule has 1 aromatic carbocycles. The number of fused-ring (bicyclic) bond motifs is 1. The van der Waals surface area contributed by atoms with E-state index in [9.17, 15) is 24.6 Å². The first kappa shape index (κ1) is 23.7. The van der Waals surface area contributed by atoms with Gasteiger partial charge < -0.3 is 10.2 Å². The zero-order valence-electron chi connectivity index (χ0n) is 21.7. The van der Waals surface area contributed by atoms with Gasteiger partial charge in [-0.2, -0.15) is 0 Å². The van der Waals surface area contributed by atoms with Crippen LogP contribution in [0.2, 0.25) is 0 Å². The molecule has 2 N–H and O–H groups in total. The number of phenolic OH excluding ortho intramolecular Hbond substituents is 1. The van der Waals surface area contributed by atoms with E-state index in [4.69, 9.17) is 0 Å². The number of amides is 2. The van der Waals surface area contributed by atoms with E-state index in [2.05, 4.69) is 26.8 Å². The van der Waals surface area contributed by atoms with Crippen LogP contribution in [0.4, 0.5) is 5.69 Å². The average molecular weight is 492 g/mol. The predicted octanol–water partition coefficient (Wildman–Crippen LogP) is 5.41. The van der Waals surface area contributed by atoms with Gasteiger partial charge in [0.05, 0.1) is 22.9 Å². The van der Waals surface area contributed by atoms with Crippen molar-refractivity contribution in [1.29, 1.82) is 0 Å². The first-order valence-electron chi connectivity index (χ1n) is 13.6. The van der Waals surface area contributed by atoms with Gasteiger partial charge in [0.25, 0.3) is 0 Å². The Balaban J connectivity index is 1.49. The molecule has 2 bridgehead atoms. The van der Waals surface area contributed by atoms with E-state index in [-0.39, 0.29) is 46.7 Å². The standard InChI is InChI=1S/C30H37NO5/c1-16(2)20-15-30-13-10-21-28(3,11-5-12-29(21,4)27(35)36)22(30)14-19(20)23-24(30)26(34)31(25(23)33)17-6-8-18(32)9-7-17/h6-9,15-16,19,21-24,32H,5,10-14H2,1-4H3,(H,35,36)/t19-,21-,22-,23-,24-,28-,29+,30-/m0/s1. The fraction of sp³-hybridized carbons (Fsp3) is 0.633. The number of anilines is 1. The zero-order valence-corrected chi connectivity index (χ0v) is 21.7. The number of benzene rings is 1. The van der Waals surface area contributed by atoms with Gasteiger partial charge in [0.15, 0.2) is 0 Å². The van der Waals surface area contributed by atoms with Gasteiger partial charge in [-0.3, -0.25) is 19.3 Å². The maximum atomic E-state index is 14.2. The molecule has 1 spiro atoms. The minimum absolute atomic E-state index is 0.00836. The van der Waals surface area contributed by atoms with Gasteiger partial charge >= 0.3 is 5.97 Å². The quantitative estimate of drug-likeness (QED) is 0.436. The number of carboxylic acid groups (broad SMARTS) is 1. The lowest BCUT2D eigenvalue weighted by Crippen LogP contribution is -2.65. The molecule has 1 aliphatic heterocycles. The Morgan fingerprint density at radius 1 is 1.03 bits per heavy atom. The Morgan fingerprint density at radius 2 is 1.72 bits per heavy atom. The highest BCUT2D eigenvalue weighted by Gasteiger charge is 2.73. The topological polar surface area (TPSA) is 94.9 Å². The molecule has 6 nitrogen and oxygen atoms in total. The maximum absolute atomic E-state index is 14.2. The van der Waals surface area contributed by atoms with Crippen LogP contribution < -0.4 is 4.90 Å². The molecule has 192 valence electrons. The number of carbonyl (C=O) groups excluding carboxylic acids is 2. The first-order chi connectivity index (χ1) is 17.0. The summed E-state index contributed by atoms with van der Waals surface area (Å²) in [5, 5.41) is 20.0. The van der Waals surface area contributed by atoms with Crippen molar-refractivity contribution in [3.63, 3.8) is 0 Å². The van der Waals surface area contributed by atoms with E-state index in [0.717, 1.165) is 32.1 Å². The van der Waals surface area contributed by atoms with Crippen LogP contribution in [-0.4, -0.2) is 28.0 Å². The van der Waals surface area contributed by atoms with Crippen LogP contribution in [0.3, 0.4) is 0 Å². The Hall–Kier alpha value is -2.63. The SMILES string of the molecule is CC(C)C1=C[C@@]23CC[C@H]4[C@](C)(CCC[C@@]4(C)C(=O)O)[C@@H]2C[C@@H]1[C@@H]1C(=O)N(c2ccc(O)cc2)C(=O)[C@H]13. The number of imide groups is 1. The van der Waals surface area contributed by atoms with Crippen molar-refractivity contribution >= 4 is 23.5 Å². The number of aliphatic carboxylic acids is 1. The van der Waals surface area contributed by atoms with Crippen molar-refractivity contribution in [2.45, 2.75) is 66.2 Å². The van der Waals surface area contributed by atoms with Crippen molar-refractivity contribution in [3.8, 4) is 5.75 Å². The van der Waals surface area contributed by atoms with Gasteiger partial charge in [0.2, 0.25) is 11.8 Å². The van der Waals surface area contributed by atoms with E-state index < -0.39 is 22.7 Å². The second-order valence-corrected chi connectivity index (χ2v) is 13.0. The lowest BCUT2D eigenvalue weighted by Gasteiger charge is -2.68. The smallest absolute Gasteiger partial charge is 0.309 e. The summed E-state index contributed by atoms with van der Waals surface area (Å²) in [7, 11) is 0. The van der Waals surface area contributed by atoms with Crippen molar-refractivity contribution < 1.29 is 24.6 Å². The van der Waals surface area contributed by atoms with Crippen LogP contribution in [0.15, 0.2) is 35.9 Å². The third-order valence-corrected chi connectivity index (χ3v) is 11.3. The Labute approximate surface area is 212 Å². The number of hydrogen-bond acceptors (Lipinski definition) is 4. The Bertz CT molecular complexity index is 1190. The summed E-state index contributed by atoms with van der Waals surface area (Å²) in [5.74, 6) is -1.04. The predicted molar refractivity (Wildman–Crippen MR) is 135 cm³/mol. The first-order valence-corrected chi connectivity index (χ1v) is 13.6. The number of nitrogens with zero attached hydrogens (tertiary/aromatic N) is 1. The van der Waals surface area contributed by atoms with Crippen molar-refractivity contribution in [2.75, 3.05) is 4.90 Å². The lowest BCUT2D eigenvalue weighted by molar-refractivity contribution is -0.194. The van der Waals surface area contributed by atoms with E-state index >= 15 is 0 Å². The van der Waals surface area contributed by atoms with Crippen LogP contribution in [0, 0.1) is 51.8 Å². The van der Waals surface area contributed by atoms with E-state index in [1.807, 2.05) is 6.92 Å². The highest BCUT2D eigenvalue weighted by Crippen LogP contribution is 2.74. The molecule has 0 unspecified atom stereocenters. The summed E-state index contributed by atoms with van der Waals surface area (Å²) in [4.78, 5) is 42.0. The van der Waals surface area contributed by atoms with Gasteiger partial charge in [0, 0.05) is 5.41 Å². The minimum atomic E-state index is -0.747.